The van der Waals surface area contributed by atoms with E-state index in [4.69, 9.17) is 23.7 Å². The summed E-state index contributed by atoms with van der Waals surface area (Å²) in [5.74, 6) is -3.57. The van der Waals surface area contributed by atoms with Crippen molar-refractivity contribution in [2.45, 2.75) is 138 Å². The van der Waals surface area contributed by atoms with Crippen LogP contribution in [0, 0.1) is 22.2 Å². The lowest BCUT2D eigenvalue weighted by atomic mass is 9.75. The number of esters is 3. The monoisotopic (exact) mass is 689 g/mol. The van der Waals surface area contributed by atoms with Crippen molar-refractivity contribution >= 4 is 23.9 Å². The van der Waals surface area contributed by atoms with Crippen LogP contribution in [-0.4, -0.2) is 88.8 Å². The van der Waals surface area contributed by atoms with Gasteiger partial charge in [0.15, 0.2) is 29.8 Å². The number of aromatic hydroxyl groups is 1. The van der Waals surface area contributed by atoms with Gasteiger partial charge in [-0.3, -0.25) is 19.3 Å². The van der Waals surface area contributed by atoms with Crippen molar-refractivity contribution in [3.8, 4) is 11.5 Å². The lowest BCUT2D eigenvalue weighted by Crippen LogP contribution is -2.65. The fourth-order valence-corrected chi connectivity index (χ4v) is 6.51. The zero-order chi connectivity index (χ0) is 36.6. The van der Waals surface area contributed by atoms with Gasteiger partial charge in [0, 0.05) is 11.6 Å². The predicted molar refractivity (Wildman–Crippen MR) is 179 cm³/mol. The van der Waals surface area contributed by atoms with E-state index in [1.165, 1.54) is 6.07 Å². The number of carboxylic acids is 1. The summed E-state index contributed by atoms with van der Waals surface area (Å²) in [6.45, 7) is 18.7. The first-order valence-electron chi connectivity index (χ1n) is 17.4. The lowest BCUT2D eigenvalue weighted by Gasteiger charge is -2.46. The predicted octanol–water partition coefficient (Wildman–Crippen LogP) is 5.04. The Bertz CT molecular complexity index is 1400. The zero-order valence-corrected chi connectivity index (χ0v) is 30.7. The lowest BCUT2D eigenvalue weighted by molar-refractivity contribution is -0.287. The van der Waals surface area contributed by atoms with Crippen LogP contribution in [0.1, 0.15) is 99.6 Å². The van der Waals surface area contributed by atoms with E-state index in [9.17, 15) is 29.4 Å². The van der Waals surface area contributed by atoms with Gasteiger partial charge in [-0.25, -0.2) is 4.79 Å². The Hall–Kier alpha value is -3.38. The maximum Gasteiger partial charge on any atom is 0.337 e. The first-order valence-corrected chi connectivity index (χ1v) is 17.4. The van der Waals surface area contributed by atoms with Crippen molar-refractivity contribution in [2.24, 2.45) is 22.2 Å². The maximum atomic E-state index is 13.5. The van der Waals surface area contributed by atoms with Crippen molar-refractivity contribution in [3.63, 3.8) is 0 Å². The number of phenolic OH excluding ortho intramolecular Hbond substituents is 1. The van der Waals surface area contributed by atoms with Crippen molar-refractivity contribution < 1.29 is 53.1 Å². The molecule has 0 saturated carbocycles. The smallest absolute Gasteiger partial charge is 0.337 e. The van der Waals surface area contributed by atoms with Gasteiger partial charge in [-0.1, -0.05) is 13.0 Å². The average Bonchev–Trinajstić information content (AvgIpc) is 2.98. The molecule has 1 aromatic rings. The van der Waals surface area contributed by atoms with Crippen LogP contribution in [0.2, 0.25) is 0 Å². The van der Waals surface area contributed by atoms with E-state index in [0.717, 1.165) is 49.9 Å². The highest BCUT2D eigenvalue weighted by molar-refractivity contribution is 5.79. The SMILES string of the molecule is CCCN1CCC[C@@H]2Cc3c(ccc(O)c3O[C@@H]3O[C@H](C(=O)O)[C@@H](OC(=O)C(C)(C)C)[C@H](OC(=O)C(C)(C)C)[C@H]3OC(=O)C(C)(C)C)C[C@H]21. The van der Waals surface area contributed by atoms with Crippen LogP contribution in [0.4, 0.5) is 0 Å². The molecule has 2 fully saturated rings. The third-order valence-corrected chi connectivity index (χ3v) is 9.32. The molecule has 274 valence electrons. The highest BCUT2D eigenvalue weighted by Crippen LogP contribution is 2.44. The van der Waals surface area contributed by atoms with Crippen molar-refractivity contribution in [2.75, 3.05) is 13.1 Å². The molecule has 0 unspecified atom stereocenters. The second kappa shape index (κ2) is 14.5. The number of phenols is 1. The molecule has 2 saturated heterocycles. The number of carbonyl (C=O) groups is 4. The molecule has 0 aromatic heterocycles. The highest BCUT2D eigenvalue weighted by atomic mass is 16.7. The third-order valence-electron chi connectivity index (χ3n) is 9.32. The van der Waals surface area contributed by atoms with Gasteiger partial charge in [0.1, 0.15) is 0 Å². The van der Waals surface area contributed by atoms with Crippen LogP contribution in [0.15, 0.2) is 12.1 Å². The molecule has 7 atom stereocenters. The summed E-state index contributed by atoms with van der Waals surface area (Å²) in [7, 11) is 0. The summed E-state index contributed by atoms with van der Waals surface area (Å²) in [5.41, 5.74) is -1.42. The molecule has 2 aliphatic heterocycles. The average molecular weight is 690 g/mol. The van der Waals surface area contributed by atoms with Crippen molar-refractivity contribution in [3.05, 3.63) is 23.3 Å². The molecule has 0 bridgehead atoms. The van der Waals surface area contributed by atoms with E-state index < -0.39 is 70.8 Å². The molecule has 3 aliphatic rings. The Morgan fingerprint density at radius 3 is 1.92 bits per heavy atom. The summed E-state index contributed by atoms with van der Waals surface area (Å²) in [4.78, 5) is 55.4. The van der Waals surface area contributed by atoms with E-state index >= 15 is 0 Å². The van der Waals surface area contributed by atoms with Crippen LogP contribution < -0.4 is 4.74 Å². The summed E-state index contributed by atoms with van der Waals surface area (Å²) in [6, 6.07) is 3.75. The summed E-state index contributed by atoms with van der Waals surface area (Å²) in [5, 5.41) is 21.6. The normalized spacial score (nSPS) is 27.7. The van der Waals surface area contributed by atoms with Gasteiger partial charge in [-0.05, 0) is 125 Å². The van der Waals surface area contributed by atoms with E-state index in [0.29, 0.717) is 18.4 Å². The minimum Gasteiger partial charge on any atom is -0.504 e. The number of piperidine rings is 1. The number of carboxylic acid groups (broad SMARTS) is 1. The molecular weight excluding hydrogens is 634 g/mol. The van der Waals surface area contributed by atoms with Gasteiger partial charge in [0.2, 0.25) is 12.4 Å². The number of ether oxygens (including phenoxy) is 5. The molecule has 0 spiro atoms. The van der Waals surface area contributed by atoms with Crippen LogP contribution >= 0.6 is 0 Å². The van der Waals surface area contributed by atoms with Crippen LogP contribution in [0.25, 0.3) is 0 Å². The number of likely N-dealkylation sites (tertiary alicyclic amines) is 1. The quantitative estimate of drug-likeness (QED) is 0.277. The molecule has 4 rings (SSSR count). The Kier molecular flexibility index (Phi) is 11.3. The minimum absolute atomic E-state index is 0.0838. The van der Waals surface area contributed by atoms with Crippen molar-refractivity contribution in [1.29, 1.82) is 0 Å². The second-order valence-corrected chi connectivity index (χ2v) is 16.7. The van der Waals surface area contributed by atoms with E-state index in [1.807, 2.05) is 6.07 Å². The molecule has 12 nitrogen and oxygen atoms in total. The number of fused-ring (bicyclic) bond motifs is 2. The topological polar surface area (TPSA) is 158 Å². The van der Waals surface area contributed by atoms with Gasteiger partial charge >= 0.3 is 23.9 Å². The molecule has 2 heterocycles. The summed E-state index contributed by atoms with van der Waals surface area (Å²) >= 11 is 0. The largest absolute Gasteiger partial charge is 0.504 e. The molecule has 1 aliphatic carbocycles. The molecule has 2 N–H and O–H groups in total. The van der Waals surface area contributed by atoms with Gasteiger partial charge in [-0.2, -0.15) is 0 Å². The Morgan fingerprint density at radius 2 is 1.39 bits per heavy atom. The van der Waals surface area contributed by atoms with Crippen LogP contribution in [0.5, 0.6) is 11.5 Å². The minimum atomic E-state index is -1.88. The maximum absolute atomic E-state index is 13.5. The van der Waals surface area contributed by atoms with E-state index in [-0.39, 0.29) is 11.5 Å². The first kappa shape index (κ1) is 38.4. The third kappa shape index (κ3) is 8.68. The van der Waals surface area contributed by atoms with Crippen LogP contribution in [0.3, 0.4) is 0 Å². The second-order valence-electron chi connectivity index (χ2n) is 16.7. The van der Waals surface area contributed by atoms with Gasteiger partial charge in [-0.15, -0.1) is 0 Å². The van der Waals surface area contributed by atoms with Gasteiger partial charge in [0.05, 0.1) is 16.2 Å². The number of nitrogens with zero attached hydrogens (tertiary/aromatic N) is 1. The molecular formula is C37H55NO11. The number of benzene rings is 1. The summed E-state index contributed by atoms with van der Waals surface area (Å²) < 4.78 is 30.0. The Labute approximate surface area is 289 Å². The fourth-order valence-electron chi connectivity index (χ4n) is 6.51. The first-order chi connectivity index (χ1) is 22.6. The zero-order valence-electron chi connectivity index (χ0n) is 30.7. The molecule has 49 heavy (non-hydrogen) atoms. The number of carbonyl (C=O) groups excluding carboxylic acids is 3. The molecule has 12 heteroatoms. The number of hydrogen-bond donors (Lipinski definition) is 2. The number of rotatable bonds is 8. The molecule has 0 amide bonds. The van der Waals surface area contributed by atoms with Crippen molar-refractivity contribution in [1.82, 2.24) is 4.90 Å². The Balaban J connectivity index is 1.82. The Morgan fingerprint density at radius 1 is 0.837 bits per heavy atom. The number of aliphatic carboxylic acids is 1. The van der Waals surface area contributed by atoms with Crippen LogP contribution in [-0.2, 0) is 51.0 Å². The number of hydrogen-bond acceptors (Lipinski definition) is 11. The molecule has 1 aromatic carbocycles. The standard InChI is InChI=1S/C37H55NO11/c1-11-16-38-17-12-13-21-18-22-20(19-23(21)38)14-15-24(39)25(22)45-31-29(49-34(44)37(8,9)10)27(48-33(43)36(5,6)7)26(28(46-31)30(40)41)47-32(42)35(2,3)4/h14-15,21,23,26-29,31,39H,11-13,16-19H2,1-10H3,(H,40,41)/t21-,23-,26+,27+,28+,29-,31-/m1/s1. The van der Waals surface area contributed by atoms with E-state index in [1.54, 1.807) is 62.3 Å². The summed E-state index contributed by atoms with van der Waals surface area (Å²) in [6.07, 6.45) is -4.03. The van der Waals surface area contributed by atoms with Gasteiger partial charge < -0.3 is 33.9 Å². The fraction of sp³-hybridized carbons (Fsp3) is 0.730. The van der Waals surface area contributed by atoms with E-state index in [2.05, 4.69) is 11.8 Å². The highest BCUT2D eigenvalue weighted by Gasteiger charge is 2.57. The van der Waals surface area contributed by atoms with Gasteiger partial charge in [0.25, 0.3) is 0 Å². The molecule has 0 radical (unpaired) electrons.